The van der Waals surface area contributed by atoms with Crippen LogP contribution in [-0.4, -0.2) is 39.3 Å². The number of nitrogens with zero attached hydrogens (tertiary/aromatic N) is 2. The number of rotatable bonds is 7. The standard InChI is InChI=1S/C24H33FN2O2/c25-20-9-7-18(8-10-20)17-19-11-15-26(16-12-19)13-3-4-14-27-23(28)21-5-1-2-6-22(21)24(27)29/h7-10,19,28-29H,1-6,11-17H2. The van der Waals surface area contributed by atoms with Crippen LogP contribution in [0.2, 0.25) is 0 Å². The number of fused-ring (bicyclic) bond motifs is 1. The summed E-state index contributed by atoms with van der Waals surface area (Å²) in [7, 11) is 0. The zero-order chi connectivity index (χ0) is 20.2. The van der Waals surface area contributed by atoms with E-state index in [0.717, 1.165) is 75.7 Å². The highest BCUT2D eigenvalue weighted by Gasteiger charge is 2.24. The van der Waals surface area contributed by atoms with Crippen molar-refractivity contribution < 1.29 is 14.6 Å². The van der Waals surface area contributed by atoms with Gasteiger partial charge < -0.3 is 15.1 Å². The molecular formula is C24H33FN2O2. The second-order valence-corrected chi connectivity index (χ2v) is 8.79. The minimum absolute atomic E-state index is 0.162. The van der Waals surface area contributed by atoms with Crippen LogP contribution in [0, 0.1) is 11.7 Å². The Balaban J connectivity index is 1.18. The van der Waals surface area contributed by atoms with Gasteiger partial charge in [-0.3, -0.25) is 4.57 Å². The highest BCUT2D eigenvalue weighted by atomic mass is 19.1. The van der Waals surface area contributed by atoms with Crippen molar-refractivity contribution >= 4 is 0 Å². The molecule has 2 aliphatic rings. The highest BCUT2D eigenvalue weighted by molar-refractivity contribution is 5.46. The van der Waals surface area contributed by atoms with Crippen LogP contribution in [0.3, 0.4) is 0 Å². The Hall–Kier alpha value is -2.01. The molecule has 2 N–H and O–H groups in total. The third-order valence-electron chi connectivity index (χ3n) is 6.77. The summed E-state index contributed by atoms with van der Waals surface area (Å²) in [6, 6.07) is 6.93. The van der Waals surface area contributed by atoms with Crippen LogP contribution in [0.5, 0.6) is 11.8 Å². The van der Waals surface area contributed by atoms with E-state index in [1.54, 1.807) is 16.7 Å². The minimum atomic E-state index is -0.162. The Labute approximate surface area is 173 Å². The van der Waals surface area contributed by atoms with Gasteiger partial charge in [-0.1, -0.05) is 12.1 Å². The molecule has 5 heteroatoms. The Bertz CT molecular complexity index is 778. The van der Waals surface area contributed by atoms with Gasteiger partial charge in [-0.15, -0.1) is 0 Å². The molecule has 0 unspecified atom stereocenters. The van der Waals surface area contributed by atoms with Gasteiger partial charge >= 0.3 is 0 Å². The first-order chi connectivity index (χ1) is 14.1. The predicted molar refractivity (Wildman–Crippen MR) is 113 cm³/mol. The number of piperidine rings is 1. The quantitative estimate of drug-likeness (QED) is 0.665. The van der Waals surface area contributed by atoms with E-state index < -0.39 is 0 Å². The number of hydrogen-bond acceptors (Lipinski definition) is 3. The molecule has 1 fully saturated rings. The van der Waals surface area contributed by atoms with Crippen LogP contribution in [-0.2, 0) is 25.8 Å². The molecular weight excluding hydrogens is 367 g/mol. The van der Waals surface area contributed by atoms with Crippen LogP contribution in [0.4, 0.5) is 4.39 Å². The lowest BCUT2D eigenvalue weighted by Crippen LogP contribution is -2.35. The lowest BCUT2D eigenvalue weighted by Gasteiger charge is -2.32. The van der Waals surface area contributed by atoms with Crippen molar-refractivity contribution in [3.63, 3.8) is 0 Å². The van der Waals surface area contributed by atoms with E-state index >= 15 is 0 Å². The summed E-state index contributed by atoms with van der Waals surface area (Å²) >= 11 is 0. The van der Waals surface area contributed by atoms with Crippen molar-refractivity contribution in [3.05, 3.63) is 46.8 Å². The van der Waals surface area contributed by atoms with Gasteiger partial charge in [0.05, 0.1) is 0 Å². The summed E-state index contributed by atoms with van der Waals surface area (Å²) in [4.78, 5) is 2.53. The molecule has 1 aliphatic carbocycles. The second-order valence-electron chi connectivity index (χ2n) is 8.79. The first-order valence-electron chi connectivity index (χ1n) is 11.2. The van der Waals surface area contributed by atoms with Gasteiger partial charge in [0, 0.05) is 17.7 Å². The molecule has 0 radical (unpaired) electrons. The van der Waals surface area contributed by atoms with Crippen molar-refractivity contribution in [3.8, 4) is 11.8 Å². The summed E-state index contributed by atoms with van der Waals surface area (Å²) in [5.74, 6) is 1.11. The molecule has 0 saturated carbocycles. The van der Waals surface area contributed by atoms with Crippen LogP contribution in [0.15, 0.2) is 24.3 Å². The van der Waals surface area contributed by atoms with Crippen molar-refractivity contribution in [1.82, 2.24) is 9.47 Å². The predicted octanol–water partition coefficient (Wildman–Crippen LogP) is 4.65. The average molecular weight is 401 g/mol. The number of halogens is 1. The smallest absolute Gasteiger partial charge is 0.197 e. The number of benzene rings is 1. The van der Waals surface area contributed by atoms with Gasteiger partial charge in [-0.25, -0.2) is 4.39 Å². The van der Waals surface area contributed by atoms with Gasteiger partial charge in [0.25, 0.3) is 0 Å². The van der Waals surface area contributed by atoms with Gasteiger partial charge in [0.15, 0.2) is 11.8 Å². The molecule has 4 rings (SSSR count). The first-order valence-corrected chi connectivity index (χ1v) is 11.2. The molecule has 1 aromatic carbocycles. The number of likely N-dealkylation sites (tertiary alicyclic amines) is 1. The zero-order valence-electron chi connectivity index (χ0n) is 17.2. The van der Waals surface area contributed by atoms with E-state index in [2.05, 4.69) is 4.90 Å². The molecule has 4 nitrogen and oxygen atoms in total. The maximum atomic E-state index is 13.0. The van der Waals surface area contributed by atoms with Gasteiger partial charge in [-0.2, -0.15) is 0 Å². The Morgan fingerprint density at radius 2 is 1.45 bits per heavy atom. The number of unbranched alkanes of at least 4 members (excludes halogenated alkanes) is 1. The first kappa shape index (κ1) is 20.3. The van der Waals surface area contributed by atoms with E-state index in [9.17, 15) is 14.6 Å². The molecule has 0 bridgehead atoms. The van der Waals surface area contributed by atoms with E-state index in [0.29, 0.717) is 24.2 Å². The lowest BCUT2D eigenvalue weighted by atomic mass is 9.90. The fourth-order valence-electron chi connectivity index (χ4n) is 5.01. The number of aromatic nitrogens is 1. The summed E-state index contributed by atoms with van der Waals surface area (Å²) in [6.45, 7) is 4.01. The van der Waals surface area contributed by atoms with Crippen molar-refractivity contribution in [2.75, 3.05) is 19.6 Å². The topological polar surface area (TPSA) is 48.6 Å². The summed E-state index contributed by atoms with van der Waals surface area (Å²) < 4.78 is 14.8. The van der Waals surface area contributed by atoms with E-state index in [1.807, 2.05) is 12.1 Å². The average Bonchev–Trinajstić information content (AvgIpc) is 2.99. The molecule has 1 aromatic heterocycles. The van der Waals surface area contributed by atoms with Gasteiger partial charge in [0.2, 0.25) is 0 Å². The van der Waals surface area contributed by atoms with Crippen molar-refractivity contribution in [1.29, 1.82) is 0 Å². The second kappa shape index (κ2) is 9.21. The van der Waals surface area contributed by atoms with Crippen LogP contribution >= 0.6 is 0 Å². The van der Waals surface area contributed by atoms with Gasteiger partial charge in [0.1, 0.15) is 5.82 Å². The SMILES string of the molecule is Oc1c2c(c(O)n1CCCCN1CCC(Cc3ccc(F)cc3)CC1)CCCC2. The minimum Gasteiger partial charge on any atom is -0.494 e. The molecule has 0 atom stereocenters. The van der Waals surface area contributed by atoms with E-state index in [1.165, 1.54) is 18.4 Å². The molecule has 1 aliphatic heterocycles. The van der Waals surface area contributed by atoms with Crippen LogP contribution in [0.25, 0.3) is 0 Å². The maximum absolute atomic E-state index is 13.0. The Morgan fingerprint density at radius 1 is 0.862 bits per heavy atom. The number of hydrogen-bond donors (Lipinski definition) is 2. The van der Waals surface area contributed by atoms with Crippen LogP contribution < -0.4 is 0 Å². The molecule has 2 heterocycles. The summed E-state index contributed by atoms with van der Waals surface area (Å²) in [5, 5.41) is 20.9. The fraction of sp³-hybridized carbons (Fsp3) is 0.583. The third-order valence-corrected chi connectivity index (χ3v) is 6.77. The van der Waals surface area contributed by atoms with Crippen molar-refractivity contribution in [2.24, 2.45) is 5.92 Å². The summed E-state index contributed by atoms with van der Waals surface area (Å²) in [6.07, 6.45) is 9.44. The van der Waals surface area contributed by atoms with Gasteiger partial charge in [-0.05, 0) is 101 Å². The maximum Gasteiger partial charge on any atom is 0.197 e. The normalized spacial score (nSPS) is 18.1. The van der Waals surface area contributed by atoms with E-state index in [-0.39, 0.29) is 5.82 Å². The van der Waals surface area contributed by atoms with Crippen molar-refractivity contribution in [2.45, 2.75) is 64.3 Å². The molecule has 1 saturated heterocycles. The monoisotopic (exact) mass is 400 g/mol. The summed E-state index contributed by atoms with van der Waals surface area (Å²) in [5.41, 5.74) is 3.17. The van der Waals surface area contributed by atoms with Crippen LogP contribution in [0.1, 0.15) is 55.2 Å². The largest absolute Gasteiger partial charge is 0.494 e. The fourth-order valence-corrected chi connectivity index (χ4v) is 5.01. The highest BCUT2D eigenvalue weighted by Crippen LogP contribution is 2.38. The molecule has 0 amide bonds. The zero-order valence-corrected chi connectivity index (χ0v) is 17.2. The Kier molecular flexibility index (Phi) is 6.43. The number of aromatic hydroxyl groups is 2. The third kappa shape index (κ3) is 4.77. The molecule has 0 spiro atoms. The molecule has 158 valence electrons. The lowest BCUT2D eigenvalue weighted by molar-refractivity contribution is 0.180. The Morgan fingerprint density at radius 3 is 2.07 bits per heavy atom. The van der Waals surface area contributed by atoms with E-state index in [4.69, 9.17) is 0 Å². The molecule has 2 aromatic rings. The molecule has 29 heavy (non-hydrogen) atoms.